The second-order valence-corrected chi connectivity index (χ2v) is 6.49. The van der Waals surface area contributed by atoms with E-state index in [1.54, 1.807) is 30.9 Å². The minimum atomic E-state index is -0.329. The number of H-pyrrole nitrogens is 1. The minimum absolute atomic E-state index is 0.265. The fraction of sp³-hybridized carbons (Fsp3) is 0.0455. The van der Waals surface area contributed by atoms with Crippen LogP contribution < -0.4 is 15.8 Å². The summed E-state index contributed by atoms with van der Waals surface area (Å²) in [4.78, 5) is 41.1. The summed E-state index contributed by atoms with van der Waals surface area (Å²) in [5, 5.41) is 2.86. The first-order chi connectivity index (χ1) is 14.6. The van der Waals surface area contributed by atoms with Gasteiger partial charge in [-0.15, -0.1) is 0 Å². The number of hydrogen-bond donors (Lipinski definition) is 2. The van der Waals surface area contributed by atoms with Gasteiger partial charge in [0.25, 0.3) is 5.91 Å². The normalized spacial score (nSPS) is 10.4. The molecule has 148 valence electrons. The monoisotopic (exact) mass is 398 g/mol. The average molecular weight is 398 g/mol. The van der Waals surface area contributed by atoms with Crippen molar-refractivity contribution in [2.45, 2.75) is 6.92 Å². The van der Waals surface area contributed by atoms with Crippen molar-refractivity contribution in [1.82, 2.24) is 19.9 Å². The van der Waals surface area contributed by atoms with Gasteiger partial charge in [-0.1, -0.05) is 6.07 Å². The number of aromatic amines is 1. The van der Waals surface area contributed by atoms with Gasteiger partial charge in [-0.05, 0) is 48.9 Å². The van der Waals surface area contributed by atoms with Crippen LogP contribution in [0.4, 0.5) is 23.0 Å². The van der Waals surface area contributed by atoms with Crippen molar-refractivity contribution in [3.05, 3.63) is 101 Å². The molecule has 0 fully saturated rings. The van der Waals surface area contributed by atoms with Crippen molar-refractivity contribution < 1.29 is 4.79 Å². The van der Waals surface area contributed by atoms with Crippen molar-refractivity contribution in [2.75, 3.05) is 10.2 Å². The van der Waals surface area contributed by atoms with Crippen molar-refractivity contribution in [3.8, 4) is 0 Å². The van der Waals surface area contributed by atoms with Crippen LogP contribution in [0, 0.1) is 6.92 Å². The number of aromatic nitrogens is 4. The Morgan fingerprint density at radius 2 is 1.87 bits per heavy atom. The standard InChI is InChI=1S/C22H18N6O2/c1-15-5-7-17(27-21(30)16-6-8-20(29)26-13-16)12-19(15)28(18-4-2-9-23-14-18)22-24-10-3-11-25-22/h2-14H,1H3,(H,26,29)(H,27,30). The van der Waals surface area contributed by atoms with Gasteiger partial charge < -0.3 is 10.3 Å². The van der Waals surface area contributed by atoms with Gasteiger partial charge in [-0.2, -0.15) is 0 Å². The van der Waals surface area contributed by atoms with E-state index < -0.39 is 0 Å². The Labute approximate surface area is 172 Å². The summed E-state index contributed by atoms with van der Waals surface area (Å²) < 4.78 is 0. The zero-order valence-electron chi connectivity index (χ0n) is 16.1. The van der Waals surface area contributed by atoms with Crippen LogP contribution >= 0.6 is 0 Å². The molecule has 2 N–H and O–H groups in total. The molecule has 0 bridgehead atoms. The second-order valence-electron chi connectivity index (χ2n) is 6.49. The molecule has 0 aliphatic heterocycles. The molecule has 0 spiro atoms. The quantitative estimate of drug-likeness (QED) is 0.532. The van der Waals surface area contributed by atoms with Crippen LogP contribution in [0.5, 0.6) is 0 Å². The summed E-state index contributed by atoms with van der Waals surface area (Å²) >= 11 is 0. The lowest BCUT2D eigenvalue weighted by Crippen LogP contribution is -2.17. The average Bonchev–Trinajstić information content (AvgIpc) is 2.78. The number of pyridine rings is 2. The summed E-state index contributed by atoms with van der Waals surface area (Å²) in [6.07, 6.45) is 8.14. The Morgan fingerprint density at radius 3 is 2.57 bits per heavy atom. The van der Waals surface area contributed by atoms with Crippen molar-refractivity contribution >= 4 is 28.9 Å². The highest BCUT2D eigenvalue weighted by molar-refractivity contribution is 6.04. The molecule has 4 rings (SSSR count). The number of carbonyl (C=O) groups excluding carboxylic acids is 1. The number of benzene rings is 1. The summed E-state index contributed by atoms with van der Waals surface area (Å²) in [6, 6.07) is 13.9. The van der Waals surface area contributed by atoms with E-state index in [0.29, 0.717) is 17.2 Å². The largest absolute Gasteiger partial charge is 0.328 e. The predicted molar refractivity (Wildman–Crippen MR) is 114 cm³/mol. The first-order valence-corrected chi connectivity index (χ1v) is 9.20. The van der Waals surface area contributed by atoms with E-state index >= 15 is 0 Å². The molecule has 0 saturated carbocycles. The number of nitrogens with one attached hydrogen (secondary N) is 2. The summed E-state index contributed by atoms with van der Waals surface area (Å²) in [6.45, 7) is 1.97. The van der Waals surface area contributed by atoms with E-state index in [9.17, 15) is 9.59 Å². The maximum Gasteiger partial charge on any atom is 0.257 e. The van der Waals surface area contributed by atoms with Gasteiger partial charge in [0.2, 0.25) is 11.5 Å². The lowest BCUT2D eigenvalue weighted by atomic mass is 10.1. The third-order valence-electron chi connectivity index (χ3n) is 4.41. The first kappa shape index (κ1) is 19.0. The molecule has 4 aromatic rings. The zero-order valence-corrected chi connectivity index (χ0v) is 16.1. The van der Waals surface area contributed by atoms with Gasteiger partial charge in [0.05, 0.1) is 23.1 Å². The molecule has 0 radical (unpaired) electrons. The molecule has 1 aromatic carbocycles. The Morgan fingerprint density at radius 1 is 1.03 bits per heavy atom. The van der Waals surface area contributed by atoms with E-state index in [1.165, 1.54) is 18.3 Å². The zero-order chi connectivity index (χ0) is 20.9. The van der Waals surface area contributed by atoms with Crippen LogP contribution in [-0.2, 0) is 0 Å². The van der Waals surface area contributed by atoms with E-state index in [4.69, 9.17) is 0 Å². The van der Waals surface area contributed by atoms with Gasteiger partial charge in [0, 0.05) is 36.5 Å². The van der Waals surface area contributed by atoms with Crippen molar-refractivity contribution in [3.63, 3.8) is 0 Å². The number of aryl methyl sites for hydroxylation is 1. The number of nitrogens with zero attached hydrogens (tertiary/aromatic N) is 4. The second kappa shape index (κ2) is 8.36. The van der Waals surface area contributed by atoms with Gasteiger partial charge >= 0.3 is 0 Å². The molecule has 0 aliphatic rings. The summed E-state index contributed by atoms with van der Waals surface area (Å²) in [5.41, 5.74) is 3.24. The lowest BCUT2D eigenvalue weighted by Gasteiger charge is -2.24. The number of rotatable bonds is 5. The van der Waals surface area contributed by atoms with Crippen LogP contribution in [0.15, 0.2) is 84.3 Å². The van der Waals surface area contributed by atoms with E-state index in [0.717, 1.165) is 16.9 Å². The molecular weight excluding hydrogens is 380 g/mol. The molecule has 1 amide bonds. The molecule has 3 heterocycles. The maximum atomic E-state index is 12.5. The number of carbonyl (C=O) groups is 1. The van der Waals surface area contributed by atoms with Crippen LogP contribution in [0.1, 0.15) is 15.9 Å². The highest BCUT2D eigenvalue weighted by Crippen LogP contribution is 2.35. The van der Waals surface area contributed by atoms with Crippen LogP contribution in [0.2, 0.25) is 0 Å². The van der Waals surface area contributed by atoms with Gasteiger partial charge in [0.1, 0.15) is 0 Å². The lowest BCUT2D eigenvalue weighted by molar-refractivity contribution is 0.102. The van der Waals surface area contributed by atoms with Crippen molar-refractivity contribution in [1.29, 1.82) is 0 Å². The Bertz CT molecular complexity index is 1170. The predicted octanol–water partition coefficient (Wildman–Crippen LogP) is 3.59. The molecular formula is C22H18N6O2. The molecule has 0 saturated heterocycles. The van der Waals surface area contributed by atoms with E-state index in [2.05, 4.69) is 25.3 Å². The fourth-order valence-electron chi connectivity index (χ4n) is 2.94. The molecule has 3 aromatic heterocycles. The SMILES string of the molecule is Cc1ccc(NC(=O)c2ccc(=O)[nH]c2)cc1N(c1cccnc1)c1ncccn1. The molecule has 0 aliphatic carbocycles. The van der Waals surface area contributed by atoms with Gasteiger partial charge in [-0.3, -0.25) is 19.5 Å². The topological polar surface area (TPSA) is 104 Å². The summed E-state index contributed by atoms with van der Waals surface area (Å²) in [7, 11) is 0. The molecule has 8 heteroatoms. The molecule has 8 nitrogen and oxygen atoms in total. The Kier molecular flexibility index (Phi) is 5.29. The number of hydrogen-bond acceptors (Lipinski definition) is 6. The minimum Gasteiger partial charge on any atom is -0.328 e. The van der Waals surface area contributed by atoms with Crippen LogP contribution in [0.3, 0.4) is 0 Å². The first-order valence-electron chi connectivity index (χ1n) is 9.20. The third-order valence-corrected chi connectivity index (χ3v) is 4.41. The Balaban J connectivity index is 1.72. The smallest absolute Gasteiger partial charge is 0.257 e. The van der Waals surface area contributed by atoms with Crippen LogP contribution in [-0.4, -0.2) is 25.8 Å². The number of amides is 1. The van der Waals surface area contributed by atoms with Gasteiger partial charge in [0.15, 0.2) is 0 Å². The molecule has 30 heavy (non-hydrogen) atoms. The molecule has 0 atom stereocenters. The van der Waals surface area contributed by atoms with Crippen LogP contribution in [0.25, 0.3) is 0 Å². The summed E-state index contributed by atoms with van der Waals surface area (Å²) in [5.74, 6) is 0.155. The molecule has 0 unspecified atom stereocenters. The fourth-order valence-corrected chi connectivity index (χ4v) is 2.94. The third kappa shape index (κ3) is 4.07. The van der Waals surface area contributed by atoms with E-state index in [-0.39, 0.29) is 11.5 Å². The highest BCUT2D eigenvalue weighted by atomic mass is 16.1. The van der Waals surface area contributed by atoms with Gasteiger partial charge in [-0.25, -0.2) is 9.97 Å². The Hall–Kier alpha value is -4.33. The maximum absolute atomic E-state index is 12.5. The number of anilines is 4. The highest BCUT2D eigenvalue weighted by Gasteiger charge is 2.18. The van der Waals surface area contributed by atoms with Crippen molar-refractivity contribution in [2.24, 2.45) is 0 Å². The van der Waals surface area contributed by atoms with E-state index in [1.807, 2.05) is 42.2 Å².